The largest absolute Gasteiger partial charge is 0.462 e. The second kappa shape index (κ2) is 47.6. The number of hydrogen-bond donors (Lipinski definition) is 0. The SMILES string of the molecule is CCCC/C=C\CCCCCCC(=O)OCC(COC(=O)CCCCCCCCCCCCCCCCCCCC)OC(=O)CCCCCCC/C=C\CCCCC. The third-order valence-electron chi connectivity index (χ3n) is 11.2. The molecule has 0 radical (unpaired) electrons. The maximum absolute atomic E-state index is 12.7. The maximum atomic E-state index is 12.7. The second-order valence-corrected chi connectivity index (χ2v) is 17.1. The highest BCUT2D eigenvalue weighted by Crippen LogP contribution is 2.16. The summed E-state index contributed by atoms with van der Waals surface area (Å²) in [5, 5.41) is 0. The van der Waals surface area contributed by atoms with Gasteiger partial charge in [-0.1, -0.05) is 212 Å². The van der Waals surface area contributed by atoms with Crippen molar-refractivity contribution in [2.24, 2.45) is 0 Å². The van der Waals surface area contributed by atoms with E-state index in [4.69, 9.17) is 14.2 Å². The van der Waals surface area contributed by atoms with Gasteiger partial charge in [0, 0.05) is 19.3 Å². The lowest BCUT2D eigenvalue weighted by molar-refractivity contribution is -0.167. The van der Waals surface area contributed by atoms with Crippen molar-refractivity contribution in [2.75, 3.05) is 13.2 Å². The van der Waals surface area contributed by atoms with Crippen molar-refractivity contribution in [3.05, 3.63) is 24.3 Å². The first kappa shape index (κ1) is 55.9. The highest BCUT2D eigenvalue weighted by molar-refractivity contribution is 5.71. The number of rotatable bonds is 46. The monoisotopic (exact) mass is 817 g/mol. The predicted molar refractivity (Wildman–Crippen MR) is 247 cm³/mol. The Morgan fingerprint density at radius 3 is 0.948 bits per heavy atom. The Morgan fingerprint density at radius 2 is 0.586 bits per heavy atom. The molecule has 1 atom stereocenters. The number of hydrogen-bond acceptors (Lipinski definition) is 6. The van der Waals surface area contributed by atoms with Crippen LogP contribution < -0.4 is 0 Å². The van der Waals surface area contributed by atoms with Gasteiger partial charge < -0.3 is 14.2 Å². The van der Waals surface area contributed by atoms with Crippen molar-refractivity contribution in [3.63, 3.8) is 0 Å². The Bertz CT molecular complexity index is 942. The van der Waals surface area contributed by atoms with Gasteiger partial charge >= 0.3 is 17.9 Å². The molecule has 0 aliphatic heterocycles. The van der Waals surface area contributed by atoms with Crippen LogP contribution in [0, 0.1) is 0 Å². The molecule has 6 nitrogen and oxygen atoms in total. The van der Waals surface area contributed by atoms with Crippen LogP contribution in [0.15, 0.2) is 24.3 Å². The van der Waals surface area contributed by atoms with E-state index in [1.807, 2.05) is 0 Å². The van der Waals surface area contributed by atoms with Gasteiger partial charge in [-0.15, -0.1) is 0 Å². The fourth-order valence-corrected chi connectivity index (χ4v) is 7.30. The van der Waals surface area contributed by atoms with Gasteiger partial charge in [0.25, 0.3) is 0 Å². The summed E-state index contributed by atoms with van der Waals surface area (Å²) < 4.78 is 16.7. The van der Waals surface area contributed by atoms with Crippen LogP contribution in [0.2, 0.25) is 0 Å². The van der Waals surface area contributed by atoms with Crippen LogP contribution in [0.25, 0.3) is 0 Å². The molecule has 0 heterocycles. The van der Waals surface area contributed by atoms with Gasteiger partial charge in [0.2, 0.25) is 0 Å². The lowest BCUT2D eigenvalue weighted by Crippen LogP contribution is -2.30. The average Bonchev–Trinajstić information content (AvgIpc) is 3.22. The molecular weight excluding hydrogens is 721 g/mol. The molecule has 0 aromatic rings. The molecule has 0 aliphatic rings. The summed E-state index contributed by atoms with van der Waals surface area (Å²) >= 11 is 0. The summed E-state index contributed by atoms with van der Waals surface area (Å²) in [4.78, 5) is 37.8. The molecule has 6 heteroatoms. The zero-order chi connectivity index (χ0) is 42.3. The van der Waals surface area contributed by atoms with Crippen molar-refractivity contribution in [1.82, 2.24) is 0 Å². The number of carbonyl (C=O) groups is 3. The van der Waals surface area contributed by atoms with Crippen molar-refractivity contribution in [2.45, 2.75) is 277 Å². The zero-order valence-electron chi connectivity index (χ0n) is 38.8. The lowest BCUT2D eigenvalue weighted by atomic mass is 10.0. The molecule has 58 heavy (non-hydrogen) atoms. The summed E-state index contributed by atoms with van der Waals surface area (Å²) in [5.74, 6) is -0.888. The minimum Gasteiger partial charge on any atom is -0.462 e. The first-order valence-electron chi connectivity index (χ1n) is 25.3. The Morgan fingerprint density at radius 1 is 0.328 bits per heavy atom. The molecule has 0 bridgehead atoms. The average molecular weight is 817 g/mol. The zero-order valence-corrected chi connectivity index (χ0v) is 38.8. The standard InChI is InChI=1S/C52H96O6/c1-4-7-10-13-16-19-22-24-25-26-27-28-29-31-33-36-39-42-45-51(54)57-48-49(47-56-50(53)44-41-38-35-32-21-18-15-12-9-6-3)58-52(55)46-43-40-37-34-30-23-20-17-14-11-8-5-2/h15,17-18,20,49H,4-14,16,19,21-48H2,1-3H3/b18-15-,20-17-. The fourth-order valence-electron chi connectivity index (χ4n) is 7.30. The predicted octanol–water partition coefficient (Wildman–Crippen LogP) is 16.4. The van der Waals surface area contributed by atoms with E-state index in [-0.39, 0.29) is 31.1 Å². The Hall–Kier alpha value is -2.11. The van der Waals surface area contributed by atoms with E-state index in [1.165, 1.54) is 148 Å². The van der Waals surface area contributed by atoms with E-state index < -0.39 is 6.10 Å². The molecule has 0 amide bonds. The van der Waals surface area contributed by atoms with E-state index in [1.54, 1.807) is 0 Å². The van der Waals surface area contributed by atoms with Gasteiger partial charge in [-0.25, -0.2) is 0 Å². The van der Waals surface area contributed by atoms with Gasteiger partial charge in [0.1, 0.15) is 13.2 Å². The third-order valence-corrected chi connectivity index (χ3v) is 11.2. The van der Waals surface area contributed by atoms with E-state index in [0.29, 0.717) is 19.3 Å². The summed E-state index contributed by atoms with van der Waals surface area (Å²) in [5.41, 5.74) is 0. The summed E-state index contributed by atoms with van der Waals surface area (Å²) in [6.45, 7) is 6.58. The second-order valence-electron chi connectivity index (χ2n) is 17.1. The smallest absolute Gasteiger partial charge is 0.306 e. The number of allylic oxidation sites excluding steroid dienone is 4. The van der Waals surface area contributed by atoms with Gasteiger partial charge in [-0.2, -0.15) is 0 Å². The molecule has 0 aromatic heterocycles. The molecule has 0 aromatic carbocycles. The number of ether oxygens (including phenoxy) is 3. The van der Waals surface area contributed by atoms with Gasteiger partial charge in [0.05, 0.1) is 0 Å². The van der Waals surface area contributed by atoms with Crippen LogP contribution >= 0.6 is 0 Å². The van der Waals surface area contributed by atoms with Crippen LogP contribution in [-0.4, -0.2) is 37.2 Å². The highest BCUT2D eigenvalue weighted by Gasteiger charge is 2.19. The molecule has 0 fully saturated rings. The van der Waals surface area contributed by atoms with E-state index in [0.717, 1.165) is 83.5 Å². The van der Waals surface area contributed by atoms with Gasteiger partial charge in [-0.05, 0) is 64.2 Å². The Labute approximate surface area is 360 Å². The van der Waals surface area contributed by atoms with Crippen molar-refractivity contribution in [1.29, 1.82) is 0 Å². The van der Waals surface area contributed by atoms with E-state index in [9.17, 15) is 14.4 Å². The fraction of sp³-hybridized carbons (Fsp3) is 0.865. The first-order chi connectivity index (χ1) is 28.5. The molecule has 0 aliphatic carbocycles. The molecule has 0 rings (SSSR count). The van der Waals surface area contributed by atoms with Crippen LogP contribution in [0.4, 0.5) is 0 Å². The molecule has 0 spiro atoms. The summed E-state index contributed by atoms with van der Waals surface area (Å²) in [7, 11) is 0. The normalized spacial score (nSPS) is 12.1. The van der Waals surface area contributed by atoms with Crippen molar-refractivity contribution >= 4 is 17.9 Å². The summed E-state index contributed by atoms with van der Waals surface area (Å²) in [6.07, 6.45) is 53.1. The quantitative estimate of drug-likeness (QED) is 0.0263. The molecule has 0 N–H and O–H groups in total. The minimum atomic E-state index is -0.774. The van der Waals surface area contributed by atoms with Crippen molar-refractivity contribution in [3.8, 4) is 0 Å². The topological polar surface area (TPSA) is 78.9 Å². The van der Waals surface area contributed by atoms with Gasteiger partial charge in [0.15, 0.2) is 6.10 Å². The Balaban J connectivity index is 4.28. The van der Waals surface area contributed by atoms with E-state index in [2.05, 4.69) is 45.1 Å². The number of unbranched alkanes of at least 4 members (excludes halogenated alkanes) is 31. The molecular formula is C52H96O6. The van der Waals surface area contributed by atoms with Crippen LogP contribution in [0.1, 0.15) is 271 Å². The van der Waals surface area contributed by atoms with Crippen LogP contribution in [0.5, 0.6) is 0 Å². The highest BCUT2D eigenvalue weighted by atomic mass is 16.6. The maximum Gasteiger partial charge on any atom is 0.306 e. The molecule has 340 valence electrons. The van der Waals surface area contributed by atoms with Crippen molar-refractivity contribution < 1.29 is 28.6 Å². The first-order valence-corrected chi connectivity index (χ1v) is 25.3. The Kier molecular flexibility index (Phi) is 45.8. The van der Waals surface area contributed by atoms with Crippen LogP contribution in [-0.2, 0) is 28.6 Å². The molecule has 0 saturated heterocycles. The minimum absolute atomic E-state index is 0.0748. The lowest BCUT2D eigenvalue weighted by Gasteiger charge is -2.18. The summed E-state index contributed by atoms with van der Waals surface area (Å²) in [6, 6.07) is 0. The van der Waals surface area contributed by atoms with E-state index >= 15 is 0 Å². The third kappa shape index (κ3) is 45.0. The van der Waals surface area contributed by atoms with Crippen LogP contribution in [0.3, 0.4) is 0 Å². The molecule has 0 saturated carbocycles. The van der Waals surface area contributed by atoms with Gasteiger partial charge in [-0.3, -0.25) is 14.4 Å². The number of carbonyl (C=O) groups excluding carboxylic acids is 3. The molecule has 1 unspecified atom stereocenters. The number of esters is 3.